The fraction of sp³-hybridized carbons (Fsp3) is 1.00. The lowest BCUT2D eigenvalue weighted by atomic mass is 10.1. The number of epoxide rings is 1. The Morgan fingerprint density at radius 2 is 1.19 bits per heavy atom. The van der Waals surface area contributed by atoms with Gasteiger partial charge in [0.2, 0.25) is 0 Å². The summed E-state index contributed by atoms with van der Waals surface area (Å²) in [6, 6.07) is 0.953. The van der Waals surface area contributed by atoms with Crippen LogP contribution in [-0.4, -0.2) is 54.5 Å². The molecular formula is C20H42O5Si. The molecule has 0 spiro atoms. The summed E-state index contributed by atoms with van der Waals surface area (Å²) in [4.78, 5) is 0. The van der Waals surface area contributed by atoms with E-state index in [1.54, 1.807) is 0 Å². The summed E-state index contributed by atoms with van der Waals surface area (Å²) in [5, 5.41) is 0. The summed E-state index contributed by atoms with van der Waals surface area (Å²) < 4.78 is 28.4. The number of unbranched alkanes of at least 4 members (excludes halogenated alkanes) is 8. The third-order valence-corrected chi connectivity index (χ3v) is 7.72. The Bertz CT molecular complexity index is 296. The molecule has 0 aromatic rings. The zero-order chi connectivity index (χ0) is 18.9. The number of ether oxygens (including phenoxy) is 2. The maximum absolute atomic E-state index is 5.90. The molecule has 1 heterocycles. The molecular weight excluding hydrogens is 348 g/mol. The van der Waals surface area contributed by atoms with Crippen molar-refractivity contribution in [3.63, 3.8) is 0 Å². The van der Waals surface area contributed by atoms with Crippen LogP contribution in [0.5, 0.6) is 0 Å². The van der Waals surface area contributed by atoms with Crippen LogP contribution in [0.1, 0.15) is 78.6 Å². The largest absolute Gasteiger partial charge is 0.500 e. The van der Waals surface area contributed by atoms with Gasteiger partial charge in [0.1, 0.15) is 6.10 Å². The molecule has 1 aliphatic heterocycles. The predicted molar refractivity (Wildman–Crippen MR) is 108 cm³/mol. The van der Waals surface area contributed by atoms with E-state index in [-0.39, 0.29) is 0 Å². The summed E-state index contributed by atoms with van der Waals surface area (Å²) in [5.74, 6) is 0. The number of hydrogen-bond acceptors (Lipinski definition) is 5. The van der Waals surface area contributed by atoms with Crippen LogP contribution in [0.3, 0.4) is 0 Å². The molecule has 0 N–H and O–H groups in total. The molecule has 26 heavy (non-hydrogen) atoms. The van der Waals surface area contributed by atoms with Crippen LogP contribution in [0.4, 0.5) is 0 Å². The second-order valence-electron chi connectivity index (χ2n) is 6.94. The third kappa shape index (κ3) is 12.4. The molecule has 0 radical (unpaired) electrons. The summed E-state index contributed by atoms with van der Waals surface area (Å²) in [6.07, 6.45) is 11.9. The molecule has 1 saturated heterocycles. The van der Waals surface area contributed by atoms with Crippen molar-refractivity contribution in [2.45, 2.75) is 90.7 Å². The molecule has 0 aromatic heterocycles. The molecule has 1 fully saturated rings. The van der Waals surface area contributed by atoms with Crippen molar-refractivity contribution in [1.29, 1.82) is 0 Å². The molecule has 0 aromatic carbocycles. The van der Waals surface area contributed by atoms with Crippen molar-refractivity contribution >= 4 is 8.80 Å². The summed E-state index contributed by atoms with van der Waals surface area (Å²) in [6.45, 7) is 10.7. The van der Waals surface area contributed by atoms with E-state index in [1.807, 2.05) is 20.8 Å². The zero-order valence-corrected chi connectivity index (χ0v) is 18.4. The minimum Gasteiger partial charge on any atom is -0.379 e. The first-order valence-electron chi connectivity index (χ1n) is 10.9. The first-order valence-corrected chi connectivity index (χ1v) is 12.8. The Morgan fingerprint density at radius 3 is 1.65 bits per heavy atom. The van der Waals surface area contributed by atoms with E-state index in [9.17, 15) is 0 Å². The molecule has 0 saturated carbocycles. The Morgan fingerprint density at radius 1 is 0.731 bits per heavy atom. The Balaban J connectivity index is 1.89. The van der Waals surface area contributed by atoms with Gasteiger partial charge in [-0.1, -0.05) is 44.9 Å². The molecule has 1 rings (SSSR count). The van der Waals surface area contributed by atoms with Crippen molar-refractivity contribution in [3.8, 4) is 0 Å². The van der Waals surface area contributed by atoms with Crippen LogP contribution in [-0.2, 0) is 22.8 Å². The van der Waals surface area contributed by atoms with Gasteiger partial charge in [0.15, 0.2) is 0 Å². The van der Waals surface area contributed by atoms with Crippen LogP contribution in [0.2, 0.25) is 6.04 Å². The Hall–Kier alpha value is 0.0169. The van der Waals surface area contributed by atoms with E-state index in [0.29, 0.717) is 25.9 Å². The highest BCUT2D eigenvalue weighted by molar-refractivity contribution is 6.60. The van der Waals surface area contributed by atoms with Crippen molar-refractivity contribution in [1.82, 2.24) is 0 Å². The number of hydrogen-bond donors (Lipinski definition) is 0. The van der Waals surface area contributed by atoms with E-state index in [1.165, 1.54) is 51.4 Å². The fourth-order valence-electron chi connectivity index (χ4n) is 3.16. The first kappa shape index (κ1) is 24.1. The lowest BCUT2D eigenvalue weighted by Crippen LogP contribution is -2.45. The van der Waals surface area contributed by atoms with Gasteiger partial charge < -0.3 is 22.8 Å². The first-order chi connectivity index (χ1) is 12.8. The van der Waals surface area contributed by atoms with Crippen molar-refractivity contribution in [3.05, 3.63) is 0 Å². The van der Waals surface area contributed by atoms with Gasteiger partial charge in [-0.25, -0.2) is 0 Å². The van der Waals surface area contributed by atoms with E-state index < -0.39 is 8.80 Å². The van der Waals surface area contributed by atoms with Crippen LogP contribution in [0.15, 0.2) is 0 Å². The molecule has 1 aliphatic rings. The van der Waals surface area contributed by atoms with Gasteiger partial charge in [-0.05, 0) is 33.6 Å². The Kier molecular flexibility index (Phi) is 14.8. The topological polar surface area (TPSA) is 49.5 Å². The van der Waals surface area contributed by atoms with Gasteiger partial charge in [0.25, 0.3) is 0 Å². The van der Waals surface area contributed by atoms with Crippen molar-refractivity contribution < 1.29 is 22.8 Å². The minimum absolute atomic E-state index is 0.401. The molecule has 0 bridgehead atoms. The highest BCUT2D eigenvalue weighted by atomic mass is 28.4. The van der Waals surface area contributed by atoms with Crippen molar-refractivity contribution in [2.75, 3.05) is 39.6 Å². The van der Waals surface area contributed by atoms with E-state index in [2.05, 4.69) is 0 Å². The van der Waals surface area contributed by atoms with Gasteiger partial charge in [-0.15, -0.1) is 0 Å². The molecule has 156 valence electrons. The van der Waals surface area contributed by atoms with Gasteiger partial charge in [0, 0.05) is 32.5 Å². The van der Waals surface area contributed by atoms with Crippen LogP contribution < -0.4 is 0 Å². The fourth-order valence-corrected chi connectivity index (χ4v) is 5.85. The van der Waals surface area contributed by atoms with Crippen LogP contribution in [0.25, 0.3) is 0 Å². The van der Waals surface area contributed by atoms with Crippen LogP contribution >= 0.6 is 0 Å². The van der Waals surface area contributed by atoms with E-state index in [4.69, 9.17) is 22.8 Å². The highest BCUT2D eigenvalue weighted by Gasteiger charge is 2.39. The standard InChI is InChI=1S/C20H42O5Si/c1-4-23-26(24-5-2,25-6-3)17-15-13-11-9-7-8-10-12-14-16-21-18-20-19-22-20/h20H,4-19H2,1-3H3. The molecule has 1 unspecified atom stereocenters. The molecule has 6 heteroatoms. The average Bonchev–Trinajstić information content (AvgIpc) is 3.44. The quantitative estimate of drug-likeness (QED) is 0.167. The third-order valence-electron chi connectivity index (χ3n) is 4.57. The lowest BCUT2D eigenvalue weighted by molar-refractivity contribution is 0.0706. The minimum atomic E-state index is -2.42. The van der Waals surface area contributed by atoms with Crippen molar-refractivity contribution in [2.24, 2.45) is 0 Å². The lowest BCUT2D eigenvalue weighted by Gasteiger charge is -2.28. The number of rotatable bonds is 20. The predicted octanol–water partition coefficient (Wildman–Crippen LogP) is 4.96. The summed E-state index contributed by atoms with van der Waals surface area (Å²) in [7, 11) is -2.42. The highest BCUT2D eigenvalue weighted by Crippen LogP contribution is 2.21. The summed E-state index contributed by atoms with van der Waals surface area (Å²) >= 11 is 0. The second-order valence-corrected chi connectivity index (χ2v) is 9.68. The monoisotopic (exact) mass is 390 g/mol. The summed E-state index contributed by atoms with van der Waals surface area (Å²) in [5.41, 5.74) is 0. The molecule has 1 atom stereocenters. The van der Waals surface area contributed by atoms with Crippen LogP contribution in [0, 0.1) is 0 Å². The molecule has 5 nitrogen and oxygen atoms in total. The Labute approximate surface area is 162 Å². The van der Waals surface area contributed by atoms with E-state index in [0.717, 1.165) is 32.3 Å². The van der Waals surface area contributed by atoms with E-state index >= 15 is 0 Å². The zero-order valence-electron chi connectivity index (χ0n) is 17.4. The maximum Gasteiger partial charge on any atom is 0.500 e. The molecule has 0 amide bonds. The maximum atomic E-state index is 5.90. The van der Waals surface area contributed by atoms with Gasteiger partial charge in [-0.3, -0.25) is 0 Å². The normalized spacial score (nSPS) is 17.0. The van der Waals surface area contributed by atoms with Gasteiger partial charge in [-0.2, -0.15) is 0 Å². The van der Waals surface area contributed by atoms with Gasteiger partial charge >= 0.3 is 8.80 Å². The second kappa shape index (κ2) is 16.0. The molecule has 0 aliphatic carbocycles. The smallest absolute Gasteiger partial charge is 0.379 e. The van der Waals surface area contributed by atoms with Gasteiger partial charge in [0.05, 0.1) is 13.2 Å². The average molecular weight is 391 g/mol. The SMILES string of the molecule is CCO[Si](CCCCCCCCCCCOCC1CO1)(OCC)OCC.